The van der Waals surface area contributed by atoms with Gasteiger partial charge in [-0.15, -0.1) is 0 Å². The number of fused-ring (bicyclic) bond motifs is 1. The normalized spacial score (nSPS) is 14.9. The number of carbonyl (C=O) groups excluding carboxylic acids is 1. The van der Waals surface area contributed by atoms with E-state index in [2.05, 4.69) is 12.0 Å². The molecular formula is C24H29FN4O2. The number of aryl methyl sites for hydroxylation is 2. The van der Waals surface area contributed by atoms with E-state index in [1.165, 1.54) is 12.1 Å². The molecule has 2 aromatic heterocycles. The molecule has 164 valence electrons. The number of piperidine rings is 1. The highest BCUT2D eigenvalue weighted by atomic mass is 19.1. The molecule has 1 saturated heterocycles. The molecular weight excluding hydrogens is 395 g/mol. The van der Waals surface area contributed by atoms with Crippen LogP contribution in [0.3, 0.4) is 0 Å². The van der Waals surface area contributed by atoms with E-state index in [1.807, 2.05) is 18.7 Å². The van der Waals surface area contributed by atoms with E-state index >= 15 is 0 Å². The monoisotopic (exact) mass is 424 g/mol. The number of pyridine rings is 1. The van der Waals surface area contributed by atoms with Crippen LogP contribution in [0.1, 0.15) is 43.0 Å². The summed E-state index contributed by atoms with van der Waals surface area (Å²) in [6.45, 7) is 7.85. The first kappa shape index (κ1) is 21.3. The van der Waals surface area contributed by atoms with E-state index in [0.29, 0.717) is 36.0 Å². The smallest absolute Gasteiger partial charge is 0.222 e. The third-order valence-electron chi connectivity index (χ3n) is 6.30. The van der Waals surface area contributed by atoms with Crippen molar-refractivity contribution in [2.45, 2.75) is 46.5 Å². The molecule has 31 heavy (non-hydrogen) atoms. The van der Waals surface area contributed by atoms with E-state index in [0.717, 1.165) is 48.1 Å². The highest BCUT2D eigenvalue weighted by molar-refractivity contribution is 5.86. The van der Waals surface area contributed by atoms with Gasteiger partial charge in [0.15, 0.2) is 5.65 Å². The molecule has 3 heterocycles. The number of amides is 1. The molecule has 0 radical (unpaired) electrons. The minimum Gasteiger partial charge on any atom is -0.481 e. The first-order valence-electron chi connectivity index (χ1n) is 10.9. The Kier molecular flexibility index (Phi) is 5.94. The average Bonchev–Trinajstić information content (AvgIpc) is 3.09. The standard InChI is InChI=1S/C24H29FN4O2/c1-15-10-12-28(13-11-15)21(30)9-8-20-16(2)22-17(3)27-29(23(22)26-24(20)31-4)19-7-5-6-18(25)14-19/h5-7,14-15H,8-13H2,1-4H3. The Labute approximate surface area is 182 Å². The molecule has 0 aliphatic carbocycles. The van der Waals surface area contributed by atoms with Crippen molar-refractivity contribution >= 4 is 16.9 Å². The number of halogens is 1. The van der Waals surface area contributed by atoms with Crippen LogP contribution < -0.4 is 4.74 Å². The fourth-order valence-electron chi connectivity index (χ4n) is 4.43. The Hall–Kier alpha value is -2.96. The number of hydrogen-bond donors (Lipinski definition) is 0. The van der Waals surface area contributed by atoms with Crippen LogP contribution in [0.2, 0.25) is 0 Å². The summed E-state index contributed by atoms with van der Waals surface area (Å²) in [6.07, 6.45) is 3.13. The molecule has 3 aromatic rings. The van der Waals surface area contributed by atoms with Gasteiger partial charge in [0.2, 0.25) is 11.8 Å². The lowest BCUT2D eigenvalue weighted by atomic mass is 9.98. The minimum atomic E-state index is -0.329. The fraction of sp³-hybridized carbons (Fsp3) is 0.458. The number of benzene rings is 1. The number of carbonyl (C=O) groups is 1. The molecule has 0 bridgehead atoms. The maximum atomic E-state index is 13.8. The number of nitrogens with zero attached hydrogens (tertiary/aromatic N) is 4. The van der Waals surface area contributed by atoms with Gasteiger partial charge >= 0.3 is 0 Å². The second-order valence-corrected chi connectivity index (χ2v) is 8.46. The molecule has 1 fully saturated rings. The molecule has 1 aliphatic heterocycles. The zero-order valence-corrected chi connectivity index (χ0v) is 18.6. The second-order valence-electron chi connectivity index (χ2n) is 8.46. The van der Waals surface area contributed by atoms with E-state index in [-0.39, 0.29) is 11.7 Å². The summed E-state index contributed by atoms with van der Waals surface area (Å²) in [5.74, 6) is 1.03. The Balaban J connectivity index is 1.66. The molecule has 0 unspecified atom stereocenters. The van der Waals surface area contributed by atoms with Gasteiger partial charge in [-0.2, -0.15) is 10.1 Å². The van der Waals surface area contributed by atoms with E-state index in [9.17, 15) is 9.18 Å². The number of hydrogen-bond acceptors (Lipinski definition) is 4. The molecule has 1 aromatic carbocycles. The van der Waals surface area contributed by atoms with Gasteiger partial charge in [-0.1, -0.05) is 13.0 Å². The number of aromatic nitrogens is 3. The van der Waals surface area contributed by atoms with Crippen LogP contribution in [0, 0.1) is 25.6 Å². The Morgan fingerprint density at radius 2 is 2.00 bits per heavy atom. The van der Waals surface area contributed by atoms with Crippen molar-refractivity contribution in [1.29, 1.82) is 0 Å². The van der Waals surface area contributed by atoms with Gasteiger partial charge in [0.1, 0.15) is 5.82 Å². The quantitative estimate of drug-likeness (QED) is 0.610. The molecule has 1 aliphatic rings. The van der Waals surface area contributed by atoms with Gasteiger partial charge in [-0.3, -0.25) is 4.79 Å². The molecule has 0 spiro atoms. The highest BCUT2D eigenvalue weighted by Crippen LogP contribution is 2.32. The van der Waals surface area contributed by atoms with Crippen LogP contribution in [0.4, 0.5) is 4.39 Å². The molecule has 4 rings (SSSR count). The van der Waals surface area contributed by atoms with Crippen molar-refractivity contribution in [3.8, 4) is 11.6 Å². The van der Waals surface area contributed by atoms with Crippen molar-refractivity contribution in [2.75, 3.05) is 20.2 Å². The summed E-state index contributed by atoms with van der Waals surface area (Å²) >= 11 is 0. The van der Waals surface area contributed by atoms with Gasteiger partial charge in [-0.05, 0) is 62.8 Å². The van der Waals surface area contributed by atoms with Gasteiger partial charge in [0, 0.05) is 30.5 Å². The largest absolute Gasteiger partial charge is 0.481 e. The predicted octanol–water partition coefficient (Wildman–Crippen LogP) is 4.38. The summed E-state index contributed by atoms with van der Waals surface area (Å²) in [7, 11) is 1.58. The number of methoxy groups -OCH3 is 1. The molecule has 0 N–H and O–H groups in total. The SMILES string of the molecule is COc1nc2c(c(C)nn2-c2cccc(F)c2)c(C)c1CCC(=O)N1CCC(C)CC1. The van der Waals surface area contributed by atoms with Gasteiger partial charge < -0.3 is 9.64 Å². The number of likely N-dealkylation sites (tertiary alicyclic amines) is 1. The zero-order chi connectivity index (χ0) is 22.1. The van der Waals surface area contributed by atoms with Crippen LogP contribution in [0.15, 0.2) is 24.3 Å². The molecule has 1 amide bonds. The summed E-state index contributed by atoms with van der Waals surface area (Å²) in [5.41, 5.74) is 3.97. The third-order valence-corrected chi connectivity index (χ3v) is 6.30. The third kappa shape index (κ3) is 4.13. The average molecular weight is 425 g/mol. The zero-order valence-electron chi connectivity index (χ0n) is 18.6. The molecule has 0 saturated carbocycles. The lowest BCUT2D eigenvalue weighted by Gasteiger charge is -2.30. The van der Waals surface area contributed by atoms with Crippen molar-refractivity contribution in [3.63, 3.8) is 0 Å². The number of rotatable bonds is 5. The summed E-state index contributed by atoms with van der Waals surface area (Å²) in [6, 6.07) is 6.28. The molecule has 7 heteroatoms. The van der Waals surface area contributed by atoms with E-state index < -0.39 is 0 Å². The van der Waals surface area contributed by atoms with Crippen molar-refractivity contribution in [2.24, 2.45) is 5.92 Å². The van der Waals surface area contributed by atoms with Crippen LogP contribution in [-0.4, -0.2) is 45.8 Å². The summed E-state index contributed by atoms with van der Waals surface area (Å²) < 4.78 is 21.0. The van der Waals surface area contributed by atoms with Gasteiger partial charge in [0.05, 0.1) is 18.5 Å². The van der Waals surface area contributed by atoms with E-state index in [4.69, 9.17) is 9.72 Å². The van der Waals surface area contributed by atoms with Crippen molar-refractivity contribution in [3.05, 3.63) is 46.9 Å². The van der Waals surface area contributed by atoms with Gasteiger partial charge in [-0.25, -0.2) is 9.07 Å². The van der Waals surface area contributed by atoms with Crippen LogP contribution in [0.5, 0.6) is 5.88 Å². The Morgan fingerprint density at radius 3 is 2.68 bits per heavy atom. The van der Waals surface area contributed by atoms with Gasteiger partial charge in [0.25, 0.3) is 0 Å². The summed E-state index contributed by atoms with van der Waals surface area (Å²) in [4.78, 5) is 19.4. The lowest BCUT2D eigenvalue weighted by molar-refractivity contribution is -0.132. The summed E-state index contributed by atoms with van der Waals surface area (Å²) in [5, 5.41) is 5.53. The Morgan fingerprint density at radius 1 is 1.26 bits per heavy atom. The predicted molar refractivity (Wildman–Crippen MR) is 118 cm³/mol. The lowest BCUT2D eigenvalue weighted by Crippen LogP contribution is -2.38. The molecule has 6 nitrogen and oxygen atoms in total. The maximum absolute atomic E-state index is 13.8. The topological polar surface area (TPSA) is 60.3 Å². The van der Waals surface area contributed by atoms with E-state index in [1.54, 1.807) is 23.9 Å². The maximum Gasteiger partial charge on any atom is 0.222 e. The van der Waals surface area contributed by atoms with Crippen LogP contribution in [-0.2, 0) is 11.2 Å². The number of ether oxygens (including phenoxy) is 1. The first-order valence-corrected chi connectivity index (χ1v) is 10.9. The first-order chi connectivity index (χ1) is 14.9. The highest BCUT2D eigenvalue weighted by Gasteiger charge is 2.23. The van der Waals surface area contributed by atoms with Crippen molar-refractivity contribution in [1.82, 2.24) is 19.7 Å². The van der Waals surface area contributed by atoms with Crippen LogP contribution in [0.25, 0.3) is 16.7 Å². The molecule has 0 atom stereocenters. The van der Waals surface area contributed by atoms with Crippen LogP contribution >= 0.6 is 0 Å². The fourth-order valence-corrected chi connectivity index (χ4v) is 4.43. The second kappa shape index (κ2) is 8.65. The minimum absolute atomic E-state index is 0.181. The Bertz CT molecular complexity index is 1120. The van der Waals surface area contributed by atoms with Crippen molar-refractivity contribution < 1.29 is 13.9 Å².